The van der Waals surface area contributed by atoms with Crippen LogP contribution in [-0.4, -0.2) is 84.6 Å². The number of nitrogens with two attached hydrogens (primary N) is 1. The zero-order valence-electron chi connectivity index (χ0n) is 24.4. The Hall–Kier alpha value is -3.50. The summed E-state index contributed by atoms with van der Waals surface area (Å²) in [7, 11) is 0. The minimum absolute atomic E-state index is 0.275. The second-order valence-electron chi connectivity index (χ2n) is 12.0. The van der Waals surface area contributed by atoms with Gasteiger partial charge in [0.1, 0.15) is 17.8 Å². The molecule has 0 atom stereocenters. The van der Waals surface area contributed by atoms with E-state index in [1.165, 1.54) is 0 Å². The average Bonchev–Trinajstić information content (AvgIpc) is 3.63. The summed E-state index contributed by atoms with van der Waals surface area (Å²) < 4.78 is 4.35. The fourth-order valence-corrected chi connectivity index (χ4v) is 7.26. The summed E-state index contributed by atoms with van der Waals surface area (Å²) in [6, 6.07) is 17.5. The summed E-state index contributed by atoms with van der Waals surface area (Å²) in [5, 5.41) is 17.1. The molecule has 224 valence electrons. The number of nitrogens with zero attached hydrogens (tertiary/aromatic N) is 7. The van der Waals surface area contributed by atoms with Gasteiger partial charge in [0.15, 0.2) is 5.65 Å². The highest BCUT2D eigenvalue weighted by molar-refractivity contribution is 6.31. The molecule has 7 rings (SSSR count). The number of nitrogen functional groups attached to an aromatic ring is 1. The number of benzene rings is 2. The minimum atomic E-state index is 0.275. The van der Waals surface area contributed by atoms with Crippen molar-refractivity contribution in [2.75, 3.05) is 45.1 Å². The monoisotopic (exact) mass is 598 g/mol. The van der Waals surface area contributed by atoms with E-state index in [-0.39, 0.29) is 12.6 Å². The normalized spacial score (nSPS) is 20.3. The molecule has 2 aromatic carbocycles. The summed E-state index contributed by atoms with van der Waals surface area (Å²) in [6.07, 6.45) is 8.98. The van der Waals surface area contributed by atoms with Gasteiger partial charge in [-0.05, 0) is 61.9 Å². The van der Waals surface area contributed by atoms with Gasteiger partial charge in [0.05, 0.1) is 11.4 Å². The molecule has 0 bridgehead atoms. The molecule has 0 radical (unpaired) electrons. The third-order valence-electron chi connectivity index (χ3n) is 9.43. The first kappa shape index (κ1) is 28.3. The topological polar surface area (TPSA) is 101 Å². The lowest BCUT2D eigenvalue weighted by Crippen LogP contribution is -2.51. The van der Waals surface area contributed by atoms with Crippen molar-refractivity contribution >= 4 is 39.4 Å². The maximum absolute atomic E-state index is 9.15. The van der Waals surface area contributed by atoms with Gasteiger partial charge in [-0.1, -0.05) is 35.9 Å². The summed E-state index contributed by atoms with van der Waals surface area (Å²) in [5.74, 6) is 0.468. The van der Waals surface area contributed by atoms with E-state index in [0.29, 0.717) is 18.4 Å². The molecule has 1 aliphatic heterocycles. The molecule has 10 heteroatoms. The summed E-state index contributed by atoms with van der Waals surface area (Å²) in [4.78, 5) is 14.2. The Morgan fingerprint density at radius 1 is 0.930 bits per heavy atom. The minimum Gasteiger partial charge on any atom is -0.396 e. The van der Waals surface area contributed by atoms with E-state index in [1.807, 2.05) is 18.2 Å². The first-order valence-electron chi connectivity index (χ1n) is 15.5. The molecule has 2 fully saturated rings. The lowest BCUT2D eigenvalue weighted by Gasteiger charge is -2.42. The zero-order valence-corrected chi connectivity index (χ0v) is 25.2. The molecule has 0 unspecified atom stereocenters. The van der Waals surface area contributed by atoms with Crippen molar-refractivity contribution in [1.82, 2.24) is 34.1 Å². The molecular formula is C33H39ClN8O. The summed E-state index contributed by atoms with van der Waals surface area (Å²) in [5.41, 5.74) is 11.4. The van der Waals surface area contributed by atoms with E-state index < -0.39 is 0 Å². The number of anilines is 1. The number of piperazine rings is 1. The van der Waals surface area contributed by atoms with Crippen LogP contribution < -0.4 is 5.73 Å². The highest BCUT2D eigenvalue weighted by Crippen LogP contribution is 2.38. The van der Waals surface area contributed by atoms with E-state index >= 15 is 0 Å². The van der Waals surface area contributed by atoms with Gasteiger partial charge >= 0.3 is 0 Å². The molecule has 4 heterocycles. The van der Waals surface area contributed by atoms with Crippen molar-refractivity contribution in [1.29, 1.82) is 0 Å². The summed E-state index contributed by atoms with van der Waals surface area (Å²) >= 11 is 6.44. The van der Waals surface area contributed by atoms with E-state index in [9.17, 15) is 0 Å². The van der Waals surface area contributed by atoms with Crippen LogP contribution in [0.2, 0.25) is 5.02 Å². The highest BCUT2D eigenvalue weighted by atomic mass is 35.5. The number of halogens is 1. The average molecular weight is 599 g/mol. The molecule has 0 spiro atoms. The van der Waals surface area contributed by atoms with Crippen LogP contribution in [0.4, 0.5) is 5.82 Å². The Kier molecular flexibility index (Phi) is 8.05. The maximum Gasteiger partial charge on any atom is 0.164 e. The second-order valence-corrected chi connectivity index (χ2v) is 12.4. The molecule has 5 aromatic rings. The van der Waals surface area contributed by atoms with Crippen molar-refractivity contribution in [3.05, 3.63) is 71.6 Å². The van der Waals surface area contributed by atoms with Crippen molar-refractivity contribution in [3.63, 3.8) is 0 Å². The molecule has 1 saturated carbocycles. The Bertz CT molecular complexity index is 1720. The van der Waals surface area contributed by atoms with Crippen LogP contribution >= 0.6 is 11.6 Å². The fourth-order valence-electron chi connectivity index (χ4n) is 7.06. The number of aliphatic hydroxyl groups is 1. The Labute approximate surface area is 256 Å². The molecular weight excluding hydrogens is 560 g/mol. The van der Waals surface area contributed by atoms with Gasteiger partial charge in [-0.2, -0.15) is 5.10 Å². The van der Waals surface area contributed by atoms with Crippen LogP contribution in [0.25, 0.3) is 33.2 Å². The zero-order chi connectivity index (χ0) is 29.3. The van der Waals surface area contributed by atoms with E-state index in [4.69, 9.17) is 27.5 Å². The van der Waals surface area contributed by atoms with Crippen LogP contribution in [0.3, 0.4) is 0 Å². The van der Waals surface area contributed by atoms with Crippen LogP contribution in [0, 0.1) is 0 Å². The van der Waals surface area contributed by atoms with Crippen LogP contribution in [0.15, 0.2) is 61.1 Å². The molecule has 1 saturated heterocycles. The number of aliphatic hydroxyl groups excluding tert-OH is 1. The number of fused-ring (bicyclic) bond motifs is 2. The lowest BCUT2D eigenvalue weighted by molar-refractivity contribution is 0.0680. The maximum atomic E-state index is 9.15. The molecule has 1 aliphatic carbocycles. The molecule has 43 heavy (non-hydrogen) atoms. The van der Waals surface area contributed by atoms with Gasteiger partial charge in [0.25, 0.3) is 0 Å². The second kappa shape index (κ2) is 12.2. The van der Waals surface area contributed by atoms with Crippen LogP contribution in [0.1, 0.15) is 43.7 Å². The van der Waals surface area contributed by atoms with Crippen LogP contribution in [-0.2, 0) is 6.54 Å². The van der Waals surface area contributed by atoms with Gasteiger partial charge in [-0.3, -0.25) is 4.90 Å². The predicted octanol–water partition coefficient (Wildman–Crippen LogP) is 5.22. The standard InChI is InChI=1S/C33H39ClN8O/c34-28-5-2-1-4-25(28)21-41-14-12-23-20-24(6-11-29(23)41)31-30-32(35)36-22-37-33(30)42(38-31)27-9-7-26(8-10-27)40-17-15-39(16-18-40)13-3-19-43/h1-2,4-6,11-12,14,20,22,26-27,43H,3,7-10,13,15-19,21H2,(H2,35,36,37)/t26-,27+. The fraction of sp³-hybridized carbons (Fsp3) is 0.424. The van der Waals surface area contributed by atoms with E-state index in [1.54, 1.807) is 6.33 Å². The molecule has 0 amide bonds. The van der Waals surface area contributed by atoms with E-state index in [2.05, 4.69) is 65.5 Å². The van der Waals surface area contributed by atoms with Crippen molar-refractivity contribution in [2.24, 2.45) is 0 Å². The van der Waals surface area contributed by atoms with Gasteiger partial charge in [-0.25, -0.2) is 14.6 Å². The van der Waals surface area contributed by atoms with Crippen LogP contribution in [0.5, 0.6) is 0 Å². The quantitative estimate of drug-likeness (QED) is 0.253. The number of hydrogen-bond donors (Lipinski definition) is 2. The van der Waals surface area contributed by atoms with Crippen molar-refractivity contribution in [3.8, 4) is 11.3 Å². The third kappa shape index (κ3) is 5.62. The SMILES string of the molecule is Nc1ncnc2c1c(-c1ccc3c(ccn3Cc3ccccc3Cl)c1)nn2[C@H]1CC[C@@H](N2CCN(CCCO)CC2)CC1. The Morgan fingerprint density at radius 2 is 1.72 bits per heavy atom. The summed E-state index contributed by atoms with van der Waals surface area (Å²) in [6.45, 7) is 6.40. The van der Waals surface area contributed by atoms with E-state index in [0.717, 1.165) is 109 Å². The highest BCUT2D eigenvalue weighted by Gasteiger charge is 2.31. The van der Waals surface area contributed by atoms with Crippen molar-refractivity contribution < 1.29 is 5.11 Å². The first-order valence-corrected chi connectivity index (χ1v) is 15.9. The van der Waals surface area contributed by atoms with Gasteiger partial charge in [-0.15, -0.1) is 0 Å². The molecule has 3 N–H and O–H groups in total. The van der Waals surface area contributed by atoms with Gasteiger partial charge in [0.2, 0.25) is 0 Å². The smallest absolute Gasteiger partial charge is 0.164 e. The predicted molar refractivity (Wildman–Crippen MR) is 172 cm³/mol. The van der Waals surface area contributed by atoms with Crippen molar-refractivity contribution in [2.45, 2.75) is 50.7 Å². The molecule has 9 nitrogen and oxygen atoms in total. The Balaban J connectivity index is 1.11. The van der Waals surface area contributed by atoms with Gasteiger partial charge in [0, 0.05) is 79.6 Å². The molecule has 2 aliphatic rings. The largest absolute Gasteiger partial charge is 0.396 e. The van der Waals surface area contributed by atoms with Gasteiger partial charge < -0.3 is 20.3 Å². The molecule has 3 aromatic heterocycles. The number of aromatic nitrogens is 5. The first-order chi connectivity index (χ1) is 21.1. The Morgan fingerprint density at radius 3 is 2.51 bits per heavy atom. The number of hydrogen-bond acceptors (Lipinski definition) is 7. The number of rotatable bonds is 8. The lowest BCUT2D eigenvalue weighted by atomic mass is 9.90. The third-order valence-corrected chi connectivity index (χ3v) is 9.80.